The lowest BCUT2D eigenvalue weighted by Crippen LogP contribution is -2.47. The molecule has 1 saturated carbocycles. The highest BCUT2D eigenvalue weighted by Crippen LogP contribution is 2.33. The van der Waals surface area contributed by atoms with Gasteiger partial charge in [0.05, 0.1) is 7.11 Å². The van der Waals surface area contributed by atoms with E-state index < -0.39 is 5.97 Å². The van der Waals surface area contributed by atoms with Crippen molar-refractivity contribution in [3.05, 3.63) is 5.56 Å². The van der Waals surface area contributed by atoms with Crippen molar-refractivity contribution in [2.75, 3.05) is 50.5 Å². The molecule has 6 nitrogen and oxygen atoms in total. The van der Waals surface area contributed by atoms with Crippen LogP contribution in [0.2, 0.25) is 0 Å². The van der Waals surface area contributed by atoms with Crippen molar-refractivity contribution in [1.82, 2.24) is 9.27 Å². The molecule has 1 saturated heterocycles. The quantitative estimate of drug-likeness (QED) is 0.837. The number of carbonyl (C=O) groups excluding carboxylic acids is 1. The molecule has 2 aliphatic rings. The number of nitrogens with zero attached hydrogens (tertiary/aromatic N) is 3. The third kappa shape index (κ3) is 2.73. The summed E-state index contributed by atoms with van der Waals surface area (Å²) in [7, 11) is 1.37. The molecule has 20 heavy (non-hydrogen) atoms. The van der Waals surface area contributed by atoms with Crippen molar-refractivity contribution in [3.63, 3.8) is 0 Å². The number of ether oxygens (including phenoxy) is 1. The Hall–Kier alpha value is -1.34. The van der Waals surface area contributed by atoms with Gasteiger partial charge in [-0.05, 0) is 30.3 Å². The molecule has 0 spiro atoms. The second-order valence-electron chi connectivity index (χ2n) is 5.47. The first-order chi connectivity index (χ1) is 9.69. The largest absolute Gasteiger partial charge is 0.465 e. The number of rotatable bonds is 4. The van der Waals surface area contributed by atoms with E-state index >= 15 is 0 Å². The second-order valence-corrected chi connectivity index (χ2v) is 6.22. The molecule has 0 atom stereocenters. The molecule has 1 aromatic heterocycles. The van der Waals surface area contributed by atoms with Gasteiger partial charge in [-0.15, -0.1) is 0 Å². The zero-order valence-corrected chi connectivity index (χ0v) is 12.5. The highest BCUT2D eigenvalue weighted by atomic mass is 32.1. The molecule has 1 aliphatic heterocycles. The number of carbonyl (C=O) groups is 1. The maximum absolute atomic E-state index is 11.8. The van der Waals surface area contributed by atoms with Crippen molar-refractivity contribution < 1.29 is 9.53 Å². The molecule has 2 fully saturated rings. The number of piperazine rings is 1. The zero-order valence-electron chi connectivity index (χ0n) is 11.7. The van der Waals surface area contributed by atoms with E-state index in [4.69, 9.17) is 10.5 Å². The standard InChI is InChI=1S/C13H20N4O2S/c1-19-13(18)10-11(14)15-20-12(10)17-6-4-16(5-7-17)8-9-2-3-9/h9H,2-8H2,1H3,(H2,14,15). The molecule has 3 rings (SSSR count). The highest BCUT2D eigenvalue weighted by Gasteiger charge is 2.29. The average molecular weight is 296 g/mol. The van der Waals surface area contributed by atoms with Crippen LogP contribution in [-0.2, 0) is 4.74 Å². The van der Waals surface area contributed by atoms with Crippen LogP contribution in [0.15, 0.2) is 0 Å². The third-order valence-corrected chi connectivity index (χ3v) is 4.89. The molecule has 1 aromatic rings. The summed E-state index contributed by atoms with van der Waals surface area (Å²) in [6.45, 7) is 5.13. The van der Waals surface area contributed by atoms with Crippen LogP contribution in [0.5, 0.6) is 0 Å². The Kier molecular flexibility index (Phi) is 3.80. The van der Waals surface area contributed by atoms with E-state index in [-0.39, 0.29) is 5.82 Å². The zero-order chi connectivity index (χ0) is 14.1. The van der Waals surface area contributed by atoms with Gasteiger partial charge in [-0.25, -0.2) is 4.79 Å². The number of anilines is 2. The smallest absolute Gasteiger partial charge is 0.344 e. The fraction of sp³-hybridized carbons (Fsp3) is 0.692. The molecule has 7 heteroatoms. The third-order valence-electron chi connectivity index (χ3n) is 3.96. The molecule has 0 bridgehead atoms. The molecule has 2 N–H and O–H groups in total. The van der Waals surface area contributed by atoms with Gasteiger partial charge in [0.15, 0.2) is 5.82 Å². The van der Waals surface area contributed by atoms with Gasteiger partial charge in [0.1, 0.15) is 10.6 Å². The number of hydrogen-bond acceptors (Lipinski definition) is 7. The minimum absolute atomic E-state index is 0.275. The molecular formula is C13H20N4O2S. The number of nitrogens with two attached hydrogens (primary N) is 1. The molecule has 0 aromatic carbocycles. The van der Waals surface area contributed by atoms with Crippen LogP contribution in [0.4, 0.5) is 10.8 Å². The fourth-order valence-corrected chi connectivity index (χ4v) is 3.46. The van der Waals surface area contributed by atoms with Crippen LogP contribution >= 0.6 is 11.5 Å². The number of methoxy groups -OCH3 is 1. The van der Waals surface area contributed by atoms with Crippen molar-refractivity contribution in [2.45, 2.75) is 12.8 Å². The first kappa shape index (κ1) is 13.6. The van der Waals surface area contributed by atoms with Crippen LogP contribution in [-0.4, -0.2) is 55.1 Å². The van der Waals surface area contributed by atoms with E-state index in [0.717, 1.165) is 37.1 Å². The molecule has 0 unspecified atom stereocenters. The van der Waals surface area contributed by atoms with E-state index in [1.165, 1.54) is 38.0 Å². The second kappa shape index (κ2) is 5.57. The number of aromatic nitrogens is 1. The maximum Gasteiger partial charge on any atom is 0.344 e. The normalized spacial score (nSPS) is 20.1. The van der Waals surface area contributed by atoms with Gasteiger partial charge in [-0.1, -0.05) is 0 Å². The van der Waals surface area contributed by atoms with E-state index in [0.29, 0.717) is 5.56 Å². The summed E-state index contributed by atoms with van der Waals surface area (Å²) >= 11 is 1.29. The minimum Gasteiger partial charge on any atom is -0.465 e. The summed E-state index contributed by atoms with van der Waals surface area (Å²) in [5, 5.41) is 0.848. The van der Waals surface area contributed by atoms with Crippen molar-refractivity contribution >= 4 is 28.3 Å². The number of hydrogen-bond donors (Lipinski definition) is 1. The monoisotopic (exact) mass is 296 g/mol. The summed E-state index contributed by atoms with van der Waals surface area (Å²) in [5.41, 5.74) is 6.21. The Morgan fingerprint density at radius 2 is 2.10 bits per heavy atom. The Labute approximate surface area is 122 Å². The Balaban J connectivity index is 1.66. The predicted octanol–water partition coefficient (Wildman–Crippen LogP) is 1.04. The Morgan fingerprint density at radius 1 is 1.40 bits per heavy atom. The fourth-order valence-electron chi connectivity index (χ4n) is 2.60. The molecule has 1 aliphatic carbocycles. The summed E-state index contributed by atoms with van der Waals surface area (Å²) < 4.78 is 8.90. The lowest BCUT2D eigenvalue weighted by atomic mass is 10.2. The van der Waals surface area contributed by atoms with Gasteiger partial charge in [-0.2, -0.15) is 4.37 Å². The first-order valence-electron chi connectivity index (χ1n) is 6.99. The Bertz CT molecular complexity index is 493. The molecular weight excluding hydrogens is 276 g/mol. The molecule has 0 radical (unpaired) electrons. The Morgan fingerprint density at radius 3 is 2.70 bits per heavy atom. The first-order valence-corrected chi connectivity index (χ1v) is 7.77. The van der Waals surface area contributed by atoms with Gasteiger partial charge in [0.2, 0.25) is 0 Å². The van der Waals surface area contributed by atoms with Crippen molar-refractivity contribution in [1.29, 1.82) is 0 Å². The van der Waals surface area contributed by atoms with Crippen molar-refractivity contribution in [3.8, 4) is 0 Å². The topological polar surface area (TPSA) is 71.7 Å². The number of esters is 1. The molecule has 2 heterocycles. The van der Waals surface area contributed by atoms with E-state index in [1.807, 2.05) is 0 Å². The number of nitrogen functional groups attached to an aromatic ring is 1. The summed E-state index contributed by atoms with van der Waals surface area (Å²) in [6.07, 6.45) is 2.77. The van der Waals surface area contributed by atoms with Crippen molar-refractivity contribution in [2.24, 2.45) is 5.92 Å². The van der Waals surface area contributed by atoms with E-state index in [9.17, 15) is 4.79 Å². The lowest BCUT2D eigenvalue weighted by Gasteiger charge is -2.35. The van der Waals surface area contributed by atoms with Gasteiger partial charge in [0, 0.05) is 32.7 Å². The van der Waals surface area contributed by atoms with Gasteiger partial charge in [0.25, 0.3) is 0 Å². The lowest BCUT2D eigenvalue weighted by molar-refractivity contribution is 0.0603. The van der Waals surface area contributed by atoms with Gasteiger partial charge >= 0.3 is 5.97 Å². The van der Waals surface area contributed by atoms with Gasteiger partial charge < -0.3 is 15.4 Å². The minimum atomic E-state index is -0.397. The maximum atomic E-state index is 11.8. The summed E-state index contributed by atoms with van der Waals surface area (Å²) in [4.78, 5) is 16.5. The summed E-state index contributed by atoms with van der Waals surface area (Å²) in [5.74, 6) is 0.801. The van der Waals surface area contributed by atoms with Crippen LogP contribution in [0.25, 0.3) is 0 Å². The highest BCUT2D eigenvalue weighted by molar-refractivity contribution is 7.11. The average Bonchev–Trinajstić information content (AvgIpc) is 3.19. The summed E-state index contributed by atoms with van der Waals surface area (Å²) in [6, 6.07) is 0. The van der Waals surface area contributed by atoms with Crippen LogP contribution in [0, 0.1) is 5.92 Å². The predicted molar refractivity (Wildman–Crippen MR) is 79.2 cm³/mol. The molecule has 0 amide bonds. The molecule has 110 valence electrons. The SMILES string of the molecule is COC(=O)c1c(N)nsc1N1CCN(CC2CC2)CC1. The van der Waals surface area contributed by atoms with Crippen LogP contribution in [0.3, 0.4) is 0 Å². The van der Waals surface area contributed by atoms with E-state index in [2.05, 4.69) is 14.2 Å². The van der Waals surface area contributed by atoms with Crippen LogP contribution in [0.1, 0.15) is 23.2 Å². The van der Waals surface area contributed by atoms with Gasteiger partial charge in [-0.3, -0.25) is 4.90 Å². The van der Waals surface area contributed by atoms with Crippen LogP contribution < -0.4 is 10.6 Å². The van der Waals surface area contributed by atoms with E-state index in [1.54, 1.807) is 0 Å².